The SMILES string of the molecule is CCCNC(=O)[C@@H]1[C@H]2C(=O)N([C@@H](CO)CC(C)C)C(C(=O)Nc3ccc4ccccc4c3)C23S[C@@H]1CC3C. The maximum absolute atomic E-state index is 14.3. The zero-order valence-corrected chi connectivity index (χ0v) is 23.5. The first kappa shape index (κ1) is 27.0. The lowest BCUT2D eigenvalue weighted by molar-refractivity contribution is -0.142. The van der Waals surface area contributed by atoms with E-state index in [4.69, 9.17) is 0 Å². The lowest BCUT2D eigenvalue weighted by atomic mass is 9.66. The van der Waals surface area contributed by atoms with Gasteiger partial charge >= 0.3 is 0 Å². The summed E-state index contributed by atoms with van der Waals surface area (Å²) in [4.78, 5) is 43.5. The van der Waals surface area contributed by atoms with E-state index in [1.54, 1.807) is 16.7 Å². The van der Waals surface area contributed by atoms with Gasteiger partial charge in [-0.2, -0.15) is 0 Å². The van der Waals surface area contributed by atoms with E-state index in [9.17, 15) is 19.5 Å². The molecular formula is C30H39N3O4S. The van der Waals surface area contributed by atoms with E-state index >= 15 is 0 Å². The normalized spacial score (nSPS) is 30.6. The molecule has 1 spiro atoms. The van der Waals surface area contributed by atoms with Gasteiger partial charge in [0.25, 0.3) is 0 Å². The standard InChI is InChI=1S/C30H39N3O4S/c1-5-12-31-27(35)24-23-14-18(4)30(38-23)25(24)29(37)33(22(16-34)13-17(2)3)26(30)28(36)32-21-11-10-19-8-6-7-9-20(19)15-21/h6-11,15,17-18,22-26,34H,5,12-14,16H2,1-4H3,(H,31,35)(H,32,36)/t18?,22-,23-,24+,25+,26?,30?/m1/s1. The summed E-state index contributed by atoms with van der Waals surface area (Å²) in [5.41, 5.74) is 0.674. The number of likely N-dealkylation sites (tertiary alicyclic amines) is 1. The Balaban J connectivity index is 1.55. The second-order valence-electron chi connectivity index (χ2n) is 11.6. The Hall–Kier alpha value is -2.58. The smallest absolute Gasteiger partial charge is 0.248 e. The molecule has 7 nitrogen and oxygen atoms in total. The van der Waals surface area contributed by atoms with Crippen molar-refractivity contribution in [2.45, 2.75) is 69.0 Å². The molecule has 2 bridgehead atoms. The summed E-state index contributed by atoms with van der Waals surface area (Å²) in [6, 6.07) is 12.5. The van der Waals surface area contributed by atoms with E-state index in [2.05, 4.69) is 31.4 Å². The van der Waals surface area contributed by atoms with Gasteiger partial charge in [0.05, 0.1) is 29.2 Å². The predicted octanol–water partition coefficient (Wildman–Crippen LogP) is 4.05. The van der Waals surface area contributed by atoms with E-state index in [0.717, 1.165) is 23.6 Å². The van der Waals surface area contributed by atoms with Crippen LogP contribution >= 0.6 is 11.8 Å². The molecule has 0 saturated carbocycles. The number of aliphatic hydroxyl groups excluding tert-OH is 1. The van der Waals surface area contributed by atoms with Crippen LogP contribution in [0.1, 0.15) is 47.0 Å². The molecule has 5 rings (SSSR count). The molecule has 3 aliphatic heterocycles. The van der Waals surface area contributed by atoms with Crippen LogP contribution in [0.15, 0.2) is 42.5 Å². The monoisotopic (exact) mass is 537 g/mol. The zero-order valence-electron chi connectivity index (χ0n) is 22.6. The number of aliphatic hydroxyl groups is 1. The number of nitrogens with zero attached hydrogens (tertiary/aromatic N) is 1. The van der Waals surface area contributed by atoms with Gasteiger partial charge in [0, 0.05) is 17.5 Å². The molecule has 0 aliphatic carbocycles. The zero-order chi connectivity index (χ0) is 27.2. The Kier molecular flexibility index (Phi) is 7.48. The van der Waals surface area contributed by atoms with Crippen molar-refractivity contribution in [3.05, 3.63) is 42.5 Å². The highest BCUT2D eigenvalue weighted by atomic mass is 32.2. The fourth-order valence-electron chi connectivity index (χ4n) is 7.12. The minimum Gasteiger partial charge on any atom is -0.394 e. The molecule has 3 fully saturated rings. The number of anilines is 1. The molecule has 8 heteroatoms. The summed E-state index contributed by atoms with van der Waals surface area (Å²) in [6.07, 6.45) is 2.19. The van der Waals surface area contributed by atoms with E-state index in [0.29, 0.717) is 18.7 Å². The Morgan fingerprint density at radius 3 is 2.58 bits per heavy atom. The number of carbonyl (C=O) groups excluding carboxylic acids is 3. The summed E-state index contributed by atoms with van der Waals surface area (Å²) in [5.74, 6) is -1.23. The highest BCUT2D eigenvalue weighted by molar-refractivity contribution is 8.02. The average Bonchev–Trinajstić information content (AvgIpc) is 3.49. The largest absolute Gasteiger partial charge is 0.394 e. The first-order valence-electron chi connectivity index (χ1n) is 13.9. The molecule has 3 heterocycles. The van der Waals surface area contributed by atoms with Gasteiger partial charge < -0.3 is 20.6 Å². The van der Waals surface area contributed by atoms with Crippen LogP contribution in [0.3, 0.4) is 0 Å². The Labute approximate surface area is 229 Å². The van der Waals surface area contributed by atoms with Gasteiger partial charge in [-0.3, -0.25) is 14.4 Å². The third kappa shape index (κ3) is 4.30. The van der Waals surface area contributed by atoms with Crippen molar-refractivity contribution in [2.75, 3.05) is 18.5 Å². The minimum absolute atomic E-state index is 0.00611. The van der Waals surface area contributed by atoms with Crippen LogP contribution in [0.5, 0.6) is 0 Å². The van der Waals surface area contributed by atoms with Gasteiger partial charge in [0.15, 0.2) is 0 Å². The number of rotatable bonds is 9. The highest BCUT2D eigenvalue weighted by Crippen LogP contribution is 2.68. The third-order valence-corrected chi connectivity index (χ3v) is 10.7. The van der Waals surface area contributed by atoms with Gasteiger partial charge in [-0.1, -0.05) is 58.0 Å². The highest BCUT2D eigenvalue weighted by Gasteiger charge is 2.76. The van der Waals surface area contributed by atoms with Crippen molar-refractivity contribution in [3.8, 4) is 0 Å². The van der Waals surface area contributed by atoms with Gasteiger partial charge in [-0.15, -0.1) is 11.8 Å². The Bertz CT molecular complexity index is 1230. The summed E-state index contributed by atoms with van der Waals surface area (Å²) in [5, 5.41) is 18.7. The molecule has 7 atom stereocenters. The van der Waals surface area contributed by atoms with Crippen LogP contribution < -0.4 is 10.6 Å². The second-order valence-corrected chi connectivity index (χ2v) is 13.2. The number of thioether (sulfide) groups is 1. The van der Waals surface area contributed by atoms with Crippen LogP contribution in [-0.4, -0.2) is 63.0 Å². The quantitative estimate of drug-likeness (QED) is 0.448. The van der Waals surface area contributed by atoms with Crippen LogP contribution in [0.4, 0.5) is 5.69 Å². The number of hydrogen-bond acceptors (Lipinski definition) is 5. The van der Waals surface area contributed by atoms with Crippen LogP contribution in [-0.2, 0) is 14.4 Å². The number of amides is 3. The number of carbonyl (C=O) groups is 3. The van der Waals surface area contributed by atoms with Crippen LogP contribution in [0, 0.1) is 23.7 Å². The molecule has 0 aromatic heterocycles. The van der Waals surface area contributed by atoms with Crippen molar-refractivity contribution < 1.29 is 19.5 Å². The molecule has 3 N–H and O–H groups in total. The molecular weight excluding hydrogens is 498 g/mol. The van der Waals surface area contributed by atoms with E-state index < -0.39 is 28.7 Å². The fraction of sp³-hybridized carbons (Fsp3) is 0.567. The molecule has 3 amide bonds. The average molecular weight is 538 g/mol. The van der Waals surface area contributed by atoms with Gasteiger partial charge in [0.1, 0.15) is 6.04 Å². The molecule has 0 radical (unpaired) electrons. The third-order valence-electron chi connectivity index (χ3n) is 8.65. The lowest BCUT2D eigenvalue weighted by Gasteiger charge is -2.40. The van der Waals surface area contributed by atoms with Crippen molar-refractivity contribution in [1.82, 2.24) is 10.2 Å². The summed E-state index contributed by atoms with van der Waals surface area (Å²) < 4.78 is -0.707. The molecule has 3 aliphatic rings. The molecule has 2 aromatic rings. The Morgan fingerprint density at radius 2 is 1.89 bits per heavy atom. The van der Waals surface area contributed by atoms with Gasteiger partial charge in [-0.25, -0.2) is 0 Å². The first-order valence-corrected chi connectivity index (χ1v) is 14.8. The maximum Gasteiger partial charge on any atom is 0.248 e. The van der Waals surface area contributed by atoms with Crippen molar-refractivity contribution >= 4 is 45.9 Å². The lowest BCUT2D eigenvalue weighted by Crippen LogP contribution is -2.57. The molecule has 38 heavy (non-hydrogen) atoms. The summed E-state index contributed by atoms with van der Waals surface area (Å²) in [7, 11) is 0. The second kappa shape index (κ2) is 10.5. The van der Waals surface area contributed by atoms with Gasteiger partial charge in [0.2, 0.25) is 17.7 Å². The predicted molar refractivity (Wildman–Crippen MR) is 152 cm³/mol. The number of benzene rings is 2. The van der Waals surface area contributed by atoms with Gasteiger partial charge in [-0.05, 0) is 54.0 Å². The molecule has 3 unspecified atom stereocenters. The van der Waals surface area contributed by atoms with Crippen molar-refractivity contribution in [1.29, 1.82) is 0 Å². The first-order chi connectivity index (χ1) is 18.2. The van der Waals surface area contributed by atoms with E-state index in [1.165, 1.54) is 0 Å². The Morgan fingerprint density at radius 1 is 1.16 bits per heavy atom. The molecule has 204 valence electrons. The van der Waals surface area contributed by atoms with E-state index in [-0.39, 0.29) is 41.4 Å². The van der Waals surface area contributed by atoms with Crippen LogP contribution in [0.2, 0.25) is 0 Å². The number of fused-ring (bicyclic) bond motifs is 2. The summed E-state index contributed by atoms with van der Waals surface area (Å²) in [6.45, 7) is 8.57. The van der Waals surface area contributed by atoms with Crippen LogP contribution in [0.25, 0.3) is 10.8 Å². The van der Waals surface area contributed by atoms with Crippen molar-refractivity contribution in [3.63, 3.8) is 0 Å². The maximum atomic E-state index is 14.3. The molecule has 3 saturated heterocycles. The molecule has 2 aromatic carbocycles. The van der Waals surface area contributed by atoms with E-state index in [1.807, 2.05) is 49.4 Å². The topological polar surface area (TPSA) is 98.7 Å². The number of nitrogens with one attached hydrogen (secondary N) is 2. The minimum atomic E-state index is -0.767. The number of hydrogen-bond donors (Lipinski definition) is 3. The summed E-state index contributed by atoms with van der Waals surface area (Å²) >= 11 is 1.67. The van der Waals surface area contributed by atoms with Crippen molar-refractivity contribution in [2.24, 2.45) is 23.7 Å². The fourth-order valence-corrected chi connectivity index (χ4v) is 9.52.